The van der Waals surface area contributed by atoms with E-state index in [1.807, 2.05) is 31.2 Å². The van der Waals surface area contributed by atoms with E-state index < -0.39 is 11.2 Å². The summed E-state index contributed by atoms with van der Waals surface area (Å²) in [5.41, 5.74) is 4.46. The monoisotopic (exact) mass is 446 g/mol. The van der Waals surface area contributed by atoms with Gasteiger partial charge in [-0.2, -0.15) is 10.1 Å². The van der Waals surface area contributed by atoms with Crippen molar-refractivity contribution in [1.29, 1.82) is 0 Å². The lowest BCUT2D eigenvalue weighted by atomic mass is 10.1. The number of hydrogen-bond donors (Lipinski definition) is 2. The van der Waals surface area contributed by atoms with Gasteiger partial charge in [-0.15, -0.1) is 0 Å². The largest absolute Gasteiger partial charge is 0.329 e. The lowest BCUT2D eigenvalue weighted by molar-refractivity contribution is 0.524. The maximum atomic E-state index is 12.4. The Labute approximate surface area is 170 Å². The SMILES string of the molecule is CC(=NNc1nc2c(c(=O)[nH]c(=O)n2C)n1CCC(C)C)c1ccc(Br)cc1. The molecule has 0 radical (unpaired) electrons. The molecule has 0 saturated carbocycles. The van der Waals surface area contributed by atoms with Crippen LogP contribution >= 0.6 is 15.9 Å². The maximum absolute atomic E-state index is 12.4. The van der Waals surface area contributed by atoms with Gasteiger partial charge in [0.1, 0.15) is 0 Å². The molecule has 0 atom stereocenters. The van der Waals surface area contributed by atoms with E-state index >= 15 is 0 Å². The fourth-order valence-electron chi connectivity index (χ4n) is 2.81. The molecule has 9 heteroatoms. The summed E-state index contributed by atoms with van der Waals surface area (Å²) in [4.78, 5) is 31.2. The number of hydrogen-bond acceptors (Lipinski definition) is 5. The van der Waals surface area contributed by atoms with Gasteiger partial charge in [-0.05, 0) is 37.0 Å². The number of anilines is 1. The Bertz CT molecular complexity index is 1140. The first-order valence-electron chi connectivity index (χ1n) is 9.03. The lowest BCUT2D eigenvalue weighted by Gasteiger charge is -2.10. The zero-order chi connectivity index (χ0) is 20.4. The number of aromatic amines is 1. The first kappa shape index (κ1) is 20.1. The van der Waals surface area contributed by atoms with Gasteiger partial charge >= 0.3 is 5.69 Å². The van der Waals surface area contributed by atoms with Crippen LogP contribution in [0.4, 0.5) is 5.95 Å². The predicted molar refractivity (Wildman–Crippen MR) is 115 cm³/mol. The van der Waals surface area contributed by atoms with Crippen LogP contribution in [-0.4, -0.2) is 24.8 Å². The fourth-order valence-corrected chi connectivity index (χ4v) is 3.08. The first-order chi connectivity index (χ1) is 13.3. The van der Waals surface area contributed by atoms with Crippen LogP contribution in [-0.2, 0) is 13.6 Å². The second-order valence-electron chi connectivity index (χ2n) is 7.08. The van der Waals surface area contributed by atoms with E-state index in [9.17, 15) is 9.59 Å². The molecular weight excluding hydrogens is 424 g/mol. The van der Waals surface area contributed by atoms with E-state index in [2.05, 4.69) is 50.3 Å². The highest BCUT2D eigenvalue weighted by atomic mass is 79.9. The third-order valence-electron chi connectivity index (χ3n) is 4.52. The van der Waals surface area contributed by atoms with Gasteiger partial charge in [-0.1, -0.05) is 41.9 Å². The summed E-state index contributed by atoms with van der Waals surface area (Å²) in [5.74, 6) is 0.878. The molecule has 0 aliphatic rings. The zero-order valence-electron chi connectivity index (χ0n) is 16.3. The molecule has 0 unspecified atom stereocenters. The first-order valence-corrected chi connectivity index (χ1v) is 9.83. The highest BCUT2D eigenvalue weighted by Gasteiger charge is 2.17. The number of hydrazone groups is 1. The summed E-state index contributed by atoms with van der Waals surface area (Å²) in [6.07, 6.45) is 0.859. The lowest BCUT2D eigenvalue weighted by Crippen LogP contribution is -2.29. The van der Waals surface area contributed by atoms with Crippen molar-refractivity contribution in [3.05, 3.63) is 55.1 Å². The zero-order valence-corrected chi connectivity index (χ0v) is 17.9. The molecule has 3 aromatic rings. The summed E-state index contributed by atoms with van der Waals surface area (Å²) >= 11 is 3.42. The maximum Gasteiger partial charge on any atom is 0.329 e. The normalized spacial score (nSPS) is 12.1. The molecule has 0 saturated heterocycles. The number of halogens is 1. The molecular formula is C19H23BrN6O2. The van der Waals surface area contributed by atoms with Crippen LogP contribution in [0.3, 0.4) is 0 Å². The van der Waals surface area contributed by atoms with E-state index in [-0.39, 0.29) is 0 Å². The number of imidazole rings is 1. The van der Waals surface area contributed by atoms with Crippen molar-refractivity contribution in [2.45, 2.75) is 33.7 Å². The molecule has 0 amide bonds. The van der Waals surface area contributed by atoms with Crippen molar-refractivity contribution in [3.63, 3.8) is 0 Å². The average molecular weight is 447 g/mol. The van der Waals surface area contributed by atoms with Crippen LogP contribution in [0.2, 0.25) is 0 Å². The molecule has 0 aliphatic carbocycles. The molecule has 3 rings (SSSR count). The minimum atomic E-state index is -0.493. The Balaban J connectivity index is 2.05. The summed E-state index contributed by atoms with van der Waals surface area (Å²) < 4.78 is 4.11. The molecule has 148 valence electrons. The number of benzene rings is 1. The van der Waals surface area contributed by atoms with Crippen LogP contribution < -0.4 is 16.7 Å². The molecule has 1 aromatic carbocycles. The number of fused-ring (bicyclic) bond motifs is 1. The molecule has 2 aromatic heterocycles. The second kappa shape index (κ2) is 8.14. The molecule has 2 heterocycles. The molecule has 28 heavy (non-hydrogen) atoms. The van der Waals surface area contributed by atoms with Crippen LogP contribution in [0.1, 0.15) is 32.8 Å². The standard InChI is InChI=1S/C19H23BrN6O2/c1-11(2)9-10-26-15-16(25(4)19(28)22-17(15)27)21-18(26)24-23-12(3)13-5-7-14(20)8-6-13/h5-8,11H,9-10H2,1-4H3,(H,21,24)(H,22,27,28). The molecule has 0 fully saturated rings. The third kappa shape index (κ3) is 4.09. The molecule has 2 N–H and O–H groups in total. The summed E-state index contributed by atoms with van der Waals surface area (Å²) in [5, 5.41) is 4.43. The number of nitrogens with one attached hydrogen (secondary N) is 2. The predicted octanol–water partition coefficient (Wildman–Crippen LogP) is 3.07. The molecule has 0 aliphatic heterocycles. The molecule has 0 spiro atoms. The Morgan fingerprint density at radius 1 is 1.29 bits per heavy atom. The van der Waals surface area contributed by atoms with Gasteiger partial charge in [0.25, 0.3) is 5.56 Å². The molecule has 0 bridgehead atoms. The van der Waals surface area contributed by atoms with Gasteiger partial charge in [-0.25, -0.2) is 10.2 Å². The summed E-state index contributed by atoms with van der Waals surface area (Å²) in [6, 6.07) is 7.81. The Hall–Kier alpha value is -2.68. The van der Waals surface area contributed by atoms with Crippen LogP contribution in [0.15, 0.2) is 43.4 Å². The minimum Gasteiger partial charge on any atom is -0.303 e. The van der Waals surface area contributed by atoms with Gasteiger partial charge in [-0.3, -0.25) is 14.3 Å². The van der Waals surface area contributed by atoms with E-state index in [0.717, 1.165) is 22.2 Å². The number of aryl methyl sites for hydroxylation is 2. The number of aromatic nitrogens is 4. The number of rotatable bonds is 6. The highest BCUT2D eigenvalue weighted by Crippen LogP contribution is 2.18. The Kier molecular flexibility index (Phi) is 5.83. The number of nitrogens with zero attached hydrogens (tertiary/aromatic N) is 4. The summed E-state index contributed by atoms with van der Waals surface area (Å²) in [7, 11) is 1.58. The van der Waals surface area contributed by atoms with Crippen LogP contribution in [0.25, 0.3) is 11.2 Å². The van der Waals surface area contributed by atoms with E-state index in [4.69, 9.17) is 0 Å². The summed E-state index contributed by atoms with van der Waals surface area (Å²) in [6.45, 7) is 6.70. The fraction of sp³-hybridized carbons (Fsp3) is 0.368. The van der Waals surface area contributed by atoms with Crippen LogP contribution in [0, 0.1) is 5.92 Å². The topological polar surface area (TPSA) is 97.1 Å². The van der Waals surface area contributed by atoms with Gasteiger partial charge in [0.05, 0.1) is 5.71 Å². The van der Waals surface area contributed by atoms with Gasteiger partial charge < -0.3 is 4.57 Å². The Morgan fingerprint density at radius 3 is 2.61 bits per heavy atom. The van der Waals surface area contributed by atoms with Crippen molar-refractivity contribution in [3.8, 4) is 0 Å². The van der Waals surface area contributed by atoms with Crippen molar-refractivity contribution < 1.29 is 0 Å². The second-order valence-corrected chi connectivity index (χ2v) is 7.99. The quantitative estimate of drug-likeness (QED) is 0.448. The van der Waals surface area contributed by atoms with E-state index in [1.54, 1.807) is 11.6 Å². The highest BCUT2D eigenvalue weighted by molar-refractivity contribution is 9.10. The van der Waals surface area contributed by atoms with Crippen molar-refractivity contribution in [2.75, 3.05) is 5.43 Å². The molecule has 8 nitrogen and oxygen atoms in total. The minimum absolute atomic E-state index is 0.330. The van der Waals surface area contributed by atoms with Crippen LogP contribution in [0.5, 0.6) is 0 Å². The van der Waals surface area contributed by atoms with Gasteiger partial charge in [0.2, 0.25) is 5.95 Å². The van der Waals surface area contributed by atoms with E-state index in [0.29, 0.717) is 29.6 Å². The van der Waals surface area contributed by atoms with Gasteiger partial charge in [0.15, 0.2) is 11.2 Å². The van der Waals surface area contributed by atoms with Crippen molar-refractivity contribution >= 4 is 38.8 Å². The third-order valence-corrected chi connectivity index (χ3v) is 5.05. The van der Waals surface area contributed by atoms with E-state index in [1.165, 1.54) is 4.57 Å². The Morgan fingerprint density at radius 2 is 1.96 bits per heavy atom. The number of H-pyrrole nitrogens is 1. The smallest absolute Gasteiger partial charge is 0.303 e. The van der Waals surface area contributed by atoms with Crippen molar-refractivity contribution in [2.24, 2.45) is 18.1 Å². The van der Waals surface area contributed by atoms with Crippen molar-refractivity contribution in [1.82, 2.24) is 19.1 Å². The average Bonchev–Trinajstić information content (AvgIpc) is 3.02. The van der Waals surface area contributed by atoms with Gasteiger partial charge in [0, 0.05) is 18.1 Å².